The number of hydrogen-bond acceptors (Lipinski definition) is 4. The van der Waals surface area contributed by atoms with Crippen LogP contribution in [-0.4, -0.2) is 8.42 Å². The normalized spacial score (nSPS) is 11.4. The molecule has 4 aromatic rings. The van der Waals surface area contributed by atoms with E-state index < -0.39 is 15.6 Å². The third-order valence-electron chi connectivity index (χ3n) is 4.77. The van der Waals surface area contributed by atoms with E-state index in [1.807, 2.05) is 0 Å². The van der Waals surface area contributed by atoms with Crippen molar-refractivity contribution in [3.8, 4) is 11.3 Å². The van der Waals surface area contributed by atoms with Gasteiger partial charge >= 0.3 is 5.63 Å². The third kappa shape index (κ3) is 4.26. The molecule has 0 fully saturated rings. The topological polar surface area (TPSA) is 76.4 Å². The average Bonchev–Trinajstić information content (AvgIpc) is 2.76. The fraction of sp³-hybridized carbons (Fsp3) is 0.0417. The minimum Gasteiger partial charge on any atom is -0.422 e. The maximum atomic E-state index is 12.7. The highest BCUT2D eigenvalue weighted by molar-refractivity contribution is 7.92. The summed E-state index contributed by atoms with van der Waals surface area (Å²) in [6.07, 6.45) is 2.15. The van der Waals surface area contributed by atoms with Crippen molar-refractivity contribution in [3.05, 3.63) is 106 Å². The zero-order valence-corrected chi connectivity index (χ0v) is 17.9. The van der Waals surface area contributed by atoms with Crippen LogP contribution in [0.1, 0.15) is 5.56 Å². The van der Waals surface area contributed by atoms with Gasteiger partial charge in [-0.3, -0.25) is 4.72 Å². The maximum Gasteiger partial charge on any atom is 0.344 e. The van der Waals surface area contributed by atoms with Crippen molar-refractivity contribution in [1.82, 2.24) is 0 Å². The van der Waals surface area contributed by atoms with Crippen LogP contribution in [-0.2, 0) is 16.4 Å². The Kier molecular flexibility index (Phi) is 5.67. The number of fused-ring (bicyclic) bond motifs is 1. The molecule has 0 radical (unpaired) electrons. The molecule has 7 heteroatoms. The second kappa shape index (κ2) is 8.41. The van der Waals surface area contributed by atoms with E-state index in [1.54, 1.807) is 66.7 Å². The lowest BCUT2D eigenvalue weighted by Crippen LogP contribution is -2.12. The zero-order chi connectivity index (χ0) is 22.0. The number of nitrogens with one attached hydrogen (secondary N) is 1. The molecule has 0 aliphatic carbocycles. The van der Waals surface area contributed by atoms with Crippen molar-refractivity contribution in [2.24, 2.45) is 0 Å². The highest BCUT2D eigenvalue weighted by Crippen LogP contribution is 2.32. The Balaban J connectivity index is 1.83. The molecule has 0 bridgehead atoms. The Morgan fingerprint density at radius 3 is 2.48 bits per heavy atom. The van der Waals surface area contributed by atoms with E-state index in [1.165, 1.54) is 12.1 Å². The molecule has 3 aromatic carbocycles. The van der Waals surface area contributed by atoms with E-state index in [-0.39, 0.29) is 4.90 Å². The number of anilines is 1. The molecule has 0 unspecified atom stereocenters. The van der Waals surface area contributed by atoms with Crippen LogP contribution in [0.3, 0.4) is 0 Å². The first-order chi connectivity index (χ1) is 14.9. The van der Waals surface area contributed by atoms with Crippen LogP contribution < -0.4 is 10.3 Å². The molecule has 0 amide bonds. The summed E-state index contributed by atoms with van der Waals surface area (Å²) in [5.41, 5.74) is 1.16. The van der Waals surface area contributed by atoms with Crippen molar-refractivity contribution in [3.63, 3.8) is 0 Å². The first-order valence-electron chi connectivity index (χ1n) is 9.43. The number of hydrogen-bond donors (Lipinski definition) is 1. The molecule has 0 aliphatic rings. The average molecular weight is 452 g/mol. The molecule has 156 valence electrons. The van der Waals surface area contributed by atoms with Crippen LogP contribution in [0.2, 0.25) is 5.02 Å². The van der Waals surface area contributed by atoms with Crippen LogP contribution >= 0.6 is 11.6 Å². The van der Waals surface area contributed by atoms with E-state index in [4.69, 9.17) is 16.0 Å². The van der Waals surface area contributed by atoms with E-state index >= 15 is 0 Å². The number of sulfonamides is 1. The molecular weight excluding hydrogens is 434 g/mol. The molecule has 1 heterocycles. The second-order valence-electron chi connectivity index (χ2n) is 6.88. The quantitative estimate of drug-likeness (QED) is 0.385. The van der Waals surface area contributed by atoms with Crippen LogP contribution in [0.25, 0.3) is 22.1 Å². The summed E-state index contributed by atoms with van der Waals surface area (Å²) in [5.74, 6) is 0.348. The lowest BCUT2D eigenvalue weighted by atomic mass is 9.98. The predicted octanol–water partition coefficient (Wildman–Crippen LogP) is 5.64. The van der Waals surface area contributed by atoms with Crippen molar-refractivity contribution >= 4 is 38.1 Å². The third-order valence-corrected chi connectivity index (χ3v) is 6.41. The Labute approximate surface area is 184 Å². The maximum absolute atomic E-state index is 12.7. The summed E-state index contributed by atoms with van der Waals surface area (Å²) in [7, 11) is -3.76. The molecule has 0 aliphatic heterocycles. The van der Waals surface area contributed by atoms with E-state index in [9.17, 15) is 13.2 Å². The Morgan fingerprint density at radius 1 is 0.968 bits per heavy atom. The van der Waals surface area contributed by atoms with Gasteiger partial charge in [0.15, 0.2) is 0 Å². The van der Waals surface area contributed by atoms with Crippen LogP contribution in [0.15, 0.2) is 99.6 Å². The molecular formula is C24H18ClNO4S. The van der Waals surface area contributed by atoms with Gasteiger partial charge in [0.25, 0.3) is 10.0 Å². The smallest absolute Gasteiger partial charge is 0.344 e. The Bertz CT molecular complexity index is 1440. The minimum absolute atomic E-state index is 0.152. The second-order valence-corrected chi connectivity index (χ2v) is 9.00. The molecule has 0 saturated carbocycles. The van der Waals surface area contributed by atoms with Gasteiger partial charge in [-0.25, -0.2) is 13.2 Å². The Hall–Kier alpha value is -3.35. The van der Waals surface area contributed by atoms with Gasteiger partial charge in [0.1, 0.15) is 5.76 Å². The summed E-state index contributed by atoms with van der Waals surface area (Å²) in [6, 6.07) is 19.8. The SMILES string of the molecule is C=CCc1c(-c2cccc(NS(=O)(=O)c3ccccc3)c2)oc(=O)c2ccc(Cl)cc12. The Morgan fingerprint density at radius 2 is 1.74 bits per heavy atom. The van der Waals surface area contributed by atoms with Crippen molar-refractivity contribution in [2.75, 3.05) is 4.72 Å². The first-order valence-corrected chi connectivity index (χ1v) is 11.3. The van der Waals surface area contributed by atoms with Gasteiger partial charge in [-0.15, -0.1) is 6.58 Å². The first kappa shape index (κ1) is 20.9. The van der Waals surface area contributed by atoms with Crippen LogP contribution in [0, 0.1) is 0 Å². The molecule has 1 N–H and O–H groups in total. The molecule has 31 heavy (non-hydrogen) atoms. The lowest BCUT2D eigenvalue weighted by Gasteiger charge is -2.13. The zero-order valence-electron chi connectivity index (χ0n) is 16.3. The monoisotopic (exact) mass is 451 g/mol. The van der Waals surface area contributed by atoms with E-state index in [2.05, 4.69) is 11.3 Å². The van der Waals surface area contributed by atoms with E-state index in [0.717, 1.165) is 5.56 Å². The highest BCUT2D eigenvalue weighted by atomic mass is 35.5. The van der Waals surface area contributed by atoms with Gasteiger partial charge in [0.2, 0.25) is 0 Å². The lowest BCUT2D eigenvalue weighted by molar-refractivity contribution is 0.530. The highest BCUT2D eigenvalue weighted by Gasteiger charge is 2.17. The van der Waals surface area contributed by atoms with E-state index in [0.29, 0.717) is 39.2 Å². The number of halogens is 1. The molecule has 5 nitrogen and oxygen atoms in total. The molecule has 0 spiro atoms. The van der Waals surface area contributed by atoms with Crippen LogP contribution in [0.5, 0.6) is 0 Å². The van der Waals surface area contributed by atoms with Crippen LogP contribution in [0.4, 0.5) is 5.69 Å². The molecule has 4 rings (SSSR count). The summed E-state index contributed by atoms with van der Waals surface area (Å²) < 4.78 is 33.6. The summed E-state index contributed by atoms with van der Waals surface area (Å²) in [4.78, 5) is 12.7. The van der Waals surface area contributed by atoms with Crippen molar-refractivity contribution in [1.29, 1.82) is 0 Å². The minimum atomic E-state index is -3.76. The molecule has 0 saturated heterocycles. The van der Waals surface area contributed by atoms with Gasteiger partial charge in [-0.05, 0) is 54.3 Å². The largest absolute Gasteiger partial charge is 0.422 e. The molecule has 0 atom stereocenters. The predicted molar refractivity (Wildman–Crippen MR) is 124 cm³/mol. The number of allylic oxidation sites excluding steroid dienone is 1. The number of benzene rings is 3. The van der Waals surface area contributed by atoms with Gasteiger partial charge in [-0.1, -0.05) is 48.0 Å². The summed E-state index contributed by atoms with van der Waals surface area (Å²) >= 11 is 6.16. The fourth-order valence-electron chi connectivity index (χ4n) is 3.39. The van der Waals surface area contributed by atoms with Crippen molar-refractivity contribution < 1.29 is 12.8 Å². The molecule has 1 aromatic heterocycles. The van der Waals surface area contributed by atoms with Gasteiger partial charge in [0, 0.05) is 21.8 Å². The fourth-order valence-corrected chi connectivity index (χ4v) is 4.64. The number of rotatable bonds is 6. The van der Waals surface area contributed by atoms with Gasteiger partial charge < -0.3 is 4.42 Å². The van der Waals surface area contributed by atoms with Crippen molar-refractivity contribution in [2.45, 2.75) is 11.3 Å². The summed E-state index contributed by atoms with van der Waals surface area (Å²) in [5, 5.41) is 1.60. The standard InChI is InChI=1S/C24H18ClNO4S/c1-2-7-20-22-15-17(25)12-13-21(22)24(27)30-23(20)16-8-6-9-18(14-16)26-31(28,29)19-10-4-3-5-11-19/h2-6,8-15,26H,1,7H2. The van der Waals surface area contributed by atoms with Gasteiger partial charge in [0.05, 0.1) is 10.3 Å². The van der Waals surface area contributed by atoms with Gasteiger partial charge in [-0.2, -0.15) is 0 Å². The summed E-state index contributed by atoms with van der Waals surface area (Å²) in [6.45, 7) is 3.80.